The molecule has 2 heterocycles. The Morgan fingerprint density at radius 3 is 2.72 bits per heavy atom. The molecule has 1 atom stereocenters. The Balaban J connectivity index is 0.00000225. The molecule has 0 spiro atoms. The van der Waals surface area contributed by atoms with E-state index in [-0.39, 0.29) is 41.4 Å². The number of ether oxygens (including phenoxy) is 2. The predicted octanol–water partition coefficient (Wildman–Crippen LogP) is 0.864. The van der Waals surface area contributed by atoms with Crippen molar-refractivity contribution in [1.82, 2.24) is 10.2 Å². The molecular formula is C16H23ClN2O5S. The maximum Gasteiger partial charge on any atom is 0.223 e. The monoisotopic (exact) mass is 390 g/mol. The summed E-state index contributed by atoms with van der Waals surface area (Å²) >= 11 is 0. The topological polar surface area (TPSA) is 84.9 Å². The minimum atomic E-state index is -3.54. The van der Waals surface area contributed by atoms with E-state index in [1.807, 2.05) is 6.92 Å². The Bertz CT molecular complexity index is 725. The van der Waals surface area contributed by atoms with Gasteiger partial charge in [-0.25, -0.2) is 8.42 Å². The summed E-state index contributed by atoms with van der Waals surface area (Å²) in [6.07, 6.45) is -0.0128. The zero-order valence-corrected chi connectivity index (χ0v) is 15.7. The van der Waals surface area contributed by atoms with E-state index in [1.165, 1.54) is 12.1 Å². The average molecular weight is 391 g/mol. The molecule has 0 aromatic heterocycles. The molecule has 1 N–H and O–H groups in total. The Morgan fingerprint density at radius 1 is 1.28 bits per heavy atom. The fourth-order valence-corrected chi connectivity index (χ4v) is 4.15. The zero-order valence-electron chi connectivity index (χ0n) is 14.1. The first kappa shape index (κ1) is 19.8. The molecule has 1 aromatic carbocycles. The third-order valence-electron chi connectivity index (χ3n) is 4.28. The molecule has 0 radical (unpaired) electrons. The molecule has 0 saturated carbocycles. The molecule has 1 aromatic rings. The summed E-state index contributed by atoms with van der Waals surface area (Å²) in [6.45, 7) is 4.90. The largest absolute Gasteiger partial charge is 0.486 e. The number of nitrogens with one attached hydrogen (secondary N) is 1. The van der Waals surface area contributed by atoms with Gasteiger partial charge in [0.1, 0.15) is 13.2 Å². The van der Waals surface area contributed by atoms with Gasteiger partial charge in [-0.2, -0.15) is 0 Å². The van der Waals surface area contributed by atoms with E-state index < -0.39 is 9.84 Å². The van der Waals surface area contributed by atoms with Crippen molar-refractivity contribution in [3.05, 3.63) is 18.2 Å². The van der Waals surface area contributed by atoms with Crippen molar-refractivity contribution in [1.29, 1.82) is 0 Å². The number of halogens is 1. The highest BCUT2D eigenvalue weighted by Crippen LogP contribution is 2.32. The number of hydrogen-bond donors (Lipinski definition) is 1. The highest BCUT2D eigenvalue weighted by molar-refractivity contribution is 7.91. The van der Waals surface area contributed by atoms with Gasteiger partial charge in [-0.15, -0.1) is 12.4 Å². The van der Waals surface area contributed by atoms with Gasteiger partial charge in [-0.1, -0.05) is 0 Å². The highest BCUT2D eigenvalue weighted by Gasteiger charge is 2.25. The van der Waals surface area contributed by atoms with Crippen LogP contribution in [0.3, 0.4) is 0 Å². The number of fused-ring (bicyclic) bond motifs is 1. The Morgan fingerprint density at radius 2 is 2.00 bits per heavy atom. The van der Waals surface area contributed by atoms with Crippen LogP contribution < -0.4 is 14.8 Å². The Hall–Kier alpha value is -1.51. The summed E-state index contributed by atoms with van der Waals surface area (Å²) in [5.41, 5.74) is 0. The fraction of sp³-hybridized carbons (Fsp3) is 0.562. The van der Waals surface area contributed by atoms with Gasteiger partial charge in [0.05, 0.1) is 10.6 Å². The number of sulfone groups is 1. The van der Waals surface area contributed by atoms with Gasteiger partial charge in [0, 0.05) is 38.2 Å². The van der Waals surface area contributed by atoms with Crippen molar-refractivity contribution in [2.75, 3.05) is 38.6 Å². The summed E-state index contributed by atoms with van der Waals surface area (Å²) < 4.78 is 35.8. The van der Waals surface area contributed by atoms with E-state index >= 15 is 0 Å². The summed E-state index contributed by atoms with van der Waals surface area (Å²) in [5.74, 6) is 0.655. The van der Waals surface area contributed by atoms with Crippen LogP contribution in [0.2, 0.25) is 0 Å². The number of piperazine rings is 1. The van der Waals surface area contributed by atoms with Crippen LogP contribution in [0.5, 0.6) is 11.5 Å². The highest BCUT2D eigenvalue weighted by atomic mass is 35.5. The fourth-order valence-electron chi connectivity index (χ4n) is 2.91. The lowest BCUT2D eigenvalue weighted by Gasteiger charge is -2.34. The molecule has 25 heavy (non-hydrogen) atoms. The predicted molar refractivity (Wildman–Crippen MR) is 95.4 cm³/mol. The Labute approximate surface area is 154 Å². The van der Waals surface area contributed by atoms with Crippen molar-refractivity contribution < 1.29 is 22.7 Å². The van der Waals surface area contributed by atoms with Gasteiger partial charge in [0.25, 0.3) is 0 Å². The van der Waals surface area contributed by atoms with Crippen LogP contribution in [0, 0.1) is 0 Å². The maximum atomic E-state index is 12.5. The molecule has 7 nitrogen and oxygen atoms in total. The van der Waals surface area contributed by atoms with E-state index in [2.05, 4.69) is 5.32 Å². The number of rotatable bonds is 4. The maximum absolute atomic E-state index is 12.5. The molecule has 1 saturated heterocycles. The summed E-state index contributed by atoms with van der Waals surface area (Å²) in [4.78, 5) is 14.2. The number of amides is 1. The van der Waals surface area contributed by atoms with Crippen LogP contribution in [-0.2, 0) is 14.6 Å². The van der Waals surface area contributed by atoms with Gasteiger partial charge >= 0.3 is 0 Å². The first-order chi connectivity index (χ1) is 11.5. The second kappa shape index (κ2) is 8.25. The number of nitrogens with zero attached hydrogens (tertiary/aromatic N) is 1. The smallest absolute Gasteiger partial charge is 0.223 e. The first-order valence-electron chi connectivity index (χ1n) is 8.10. The molecule has 0 aliphatic carbocycles. The second-order valence-corrected chi connectivity index (χ2v) is 8.12. The number of benzene rings is 1. The van der Waals surface area contributed by atoms with Crippen LogP contribution in [0.1, 0.15) is 13.3 Å². The molecule has 0 unspecified atom stereocenters. The van der Waals surface area contributed by atoms with Crippen LogP contribution in [0.4, 0.5) is 0 Å². The van der Waals surface area contributed by atoms with Crippen molar-refractivity contribution in [3.8, 4) is 11.5 Å². The van der Waals surface area contributed by atoms with Gasteiger partial charge < -0.3 is 19.7 Å². The molecule has 140 valence electrons. The van der Waals surface area contributed by atoms with E-state index in [0.717, 1.165) is 13.1 Å². The van der Waals surface area contributed by atoms with Crippen molar-refractivity contribution in [3.63, 3.8) is 0 Å². The lowest BCUT2D eigenvalue weighted by molar-refractivity contribution is -0.133. The van der Waals surface area contributed by atoms with Crippen molar-refractivity contribution in [2.24, 2.45) is 0 Å². The lowest BCUT2D eigenvalue weighted by atomic mass is 10.2. The average Bonchev–Trinajstić information content (AvgIpc) is 2.60. The van der Waals surface area contributed by atoms with Gasteiger partial charge in [-0.3, -0.25) is 4.79 Å². The van der Waals surface area contributed by atoms with Crippen LogP contribution in [0.15, 0.2) is 23.1 Å². The number of carbonyl (C=O) groups excluding carboxylic acids is 1. The quantitative estimate of drug-likeness (QED) is 0.820. The lowest BCUT2D eigenvalue weighted by Crippen LogP contribution is -2.52. The normalized spacial score (nSPS) is 19.9. The molecule has 9 heteroatoms. The minimum absolute atomic E-state index is 0. The van der Waals surface area contributed by atoms with Gasteiger partial charge in [0.15, 0.2) is 21.3 Å². The minimum Gasteiger partial charge on any atom is -0.486 e. The molecule has 0 bridgehead atoms. The van der Waals surface area contributed by atoms with E-state index in [1.54, 1.807) is 11.0 Å². The zero-order chi connectivity index (χ0) is 17.2. The van der Waals surface area contributed by atoms with Gasteiger partial charge in [0.2, 0.25) is 5.91 Å². The van der Waals surface area contributed by atoms with Gasteiger partial charge in [-0.05, 0) is 19.1 Å². The van der Waals surface area contributed by atoms with Crippen LogP contribution in [-0.4, -0.2) is 63.9 Å². The molecule has 1 amide bonds. The number of carbonyl (C=O) groups is 1. The van der Waals surface area contributed by atoms with E-state index in [9.17, 15) is 13.2 Å². The van der Waals surface area contributed by atoms with Crippen LogP contribution in [0.25, 0.3) is 0 Å². The third-order valence-corrected chi connectivity index (χ3v) is 5.99. The van der Waals surface area contributed by atoms with Crippen LogP contribution >= 0.6 is 12.4 Å². The van der Waals surface area contributed by atoms with Crippen molar-refractivity contribution in [2.45, 2.75) is 24.3 Å². The third kappa shape index (κ3) is 4.56. The second-order valence-electron chi connectivity index (χ2n) is 6.01. The van der Waals surface area contributed by atoms with E-state index in [0.29, 0.717) is 31.3 Å². The van der Waals surface area contributed by atoms with E-state index in [4.69, 9.17) is 9.47 Å². The number of hydrogen-bond acceptors (Lipinski definition) is 6. The molecular weight excluding hydrogens is 368 g/mol. The summed E-state index contributed by atoms with van der Waals surface area (Å²) in [5, 5.41) is 3.21. The standard InChI is InChI=1S/C16H22N2O5S.ClH/c1-12-11-17-5-6-18(12)16(19)4-9-24(20,21)13-2-3-14-15(10-13)23-8-7-22-14;/h2-3,10,12,17H,4-9,11H2,1H3;1H/t12-;/m0./s1. The molecule has 2 aliphatic heterocycles. The summed E-state index contributed by atoms with van der Waals surface area (Å²) in [6, 6.07) is 4.66. The Kier molecular flexibility index (Phi) is 6.53. The van der Waals surface area contributed by atoms with Crippen molar-refractivity contribution >= 4 is 28.2 Å². The first-order valence-corrected chi connectivity index (χ1v) is 9.75. The summed E-state index contributed by atoms with van der Waals surface area (Å²) in [7, 11) is -3.54. The molecule has 3 rings (SSSR count). The molecule has 1 fully saturated rings. The molecule has 2 aliphatic rings. The SMILES string of the molecule is C[C@H]1CNCCN1C(=O)CCS(=O)(=O)c1ccc2c(c1)OCCO2.Cl.